The largest absolute Gasteiger partial charge is 0.490 e. The number of hydrogen-bond acceptors (Lipinski definition) is 6. The van der Waals surface area contributed by atoms with Crippen molar-refractivity contribution in [2.75, 3.05) is 25.2 Å². The first kappa shape index (κ1) is 16.1. The Kier molecular flexibility index (Phi) is 5.08. The summed E-state index contributed by atoms with van der Waals surface area (Å²) in [4.78, 5) is 0. The van der Waals surface area contributed by atoms with E-state index in [2.05, 4.69) is 5.32 Å². The zero-order valence-corrected chi connectivity index (χ0v) is 13.0. The van der Waals surface area contributed by atoms with E-state index < -0.39 is 22.0 Å². The Balaban J connectivity index is 2.28. The molecule has 0 amide bonds. The fourth-order valence-electron chi connectivity index (χ4n) is 2.35. The minimum Gasteiger partial charge on any atom is -0.490 e. The van der Waals surface area contributed by atoms with Crippen LogP contribution < -0.4 is 14.8 Å². The third-order valence-electron chi connectivity index (χ3n) is 3.27. The van der Waals surface area contributed by atoms with E-state index in [-0.39, 0.29) is 11.5 Å². The van der Waals surface area contributed by atoms with E-state index in [1.165, 1.54) is 0 Å². The summed E-state index contributed by atoms with van der Waals surface area (Å²) >= 11 is 0. The van der Waals surface area contributed by atoms with Crippen molar-refractivity contribution in [1.29, 1.82) is 0 Å². The summed E-state index contributed by atoms with van der Waals surface area (Å²) in [5.74, 6) is 0.625. The number of aliphatic hydroxyl groups is 1. The molecule has 1 saturated heterocycles. The van der Waals surface area contributed by atoms with Crippen molar-refractivity contribution in [2.24, 2.45) is 0 Å². The summed E-state index contributed by atoms with van der Waals surface area (Å²) in [6.45, 7) is 2.90. The molecule has 2 atom stereocenters. The molecule has 1 aliphatic heterocycles. The molecule has 0 saturated carbocycles. The van der Waals surface area contributed by atoms with Crippen molar-refractivity contribution in [3.05, 3.63) is 23.8 Å². The molecule has 1 fully saturated rings. The summed E-state index contributed by atoms with van der Waals surface area (Å²) in [6.07, 6.45) is -1.76. The molecule has 6 nitrogen and oxygen atoms in total. The molecule has 0 radical (unpaired) electrons. The van der Waals surface area contributed by atoms with E-state index >= 15 is 0 Å². The number of nitrogens with one attached hydrogen (secondary N) is 1. The van der Waals surface area contributed by atoms with E-state index in [1.54, 1.807) is 6.07 Å². The highest BCUT2D eigenvalue weighted by Gasteiger charge is 2.38. The van der Waals surface area contributed by atoms with Gasteiger partial charge in [0.15, 0.2) is 21.3 Å². The molecule has 21 heavy (non-hydrogen) atoms. The predicted octanol–water partition coefficient (Wildman–Crippen LogP) is 0.341. The molecule has 118 valence electrons. The Morgan fingerprint density at radius 3 is 2.71 bits per heavy atom. The van der Waals surface area contributed by atoms with Gasteiger partial charge in [-0.1, -0.05) is 12.1 Å². The average Bonchev–Trinajstić information content (AvgIpc) is 2.66. The smallest absolute Gasteiger partial charge is 0.166 e. The molecular weight excluding hydrogens is 294 g/mol. The van der Waals surface area contributed by atoms with Crippen molar-refractivity contribution < 1.29 is 23.0 Å². The number of sulfone groups is 1. The Morgan fingerprint density at radius 1 is 1.38 bits per heavy atom. The van der Waals surface area contributed by atoms with Crippen molar-refractivity contribution in [3.63, 3.8) is 0 Å². The fraction of sp³-hybridized carbons (Fsp3) is 0.571. The number of hydrogen-bond donors (Lipinski definition) is 2. The summed E-state index contributed by atoms with van der Waals surface area (Å²) in [5, 5.41) is 12.9. The molecule has 0 bridgehead atoms. The van der Waals surface area contributed by atoms with Crippen LogP contribution in [0.4, 0.5) is 0 Å². The zero-order valence-electron chi connectivity index (χ0n) is 12.2. The van der Waals surface area contributed by atoms with Crippen LogP contribution in [-0.4, -0.2) is 50.9 Å². The highest BCUT2D eigenvalue weighted by Crippen LogP contribution is 2.34. The van der Waals surface area contributed by atoms with Crippen molar-refractivity contribution in [1.82, 2.24) is 5.32 Å². The van der Waals surface area contributed by atoms with Gasteiger partial charge in [-0.2, -0.15) is 0 Å². The molecule has 1 aromatic carbocycles. The summed E-state index contributed by atoms with van der Waals surface area (Å²) in [5.41, 5.74) is 0.861. The fourth-order valence-corrected chi connectivity index (χ4v) is 4.02. The summed E-state index contributed by atoms with van der Waals surface area (Å²) < 4.78 is 34.5. The lowest BCUT2D eigenvalue weighted by atomic mass is 10.1. The highest BCUT2D eigenvalue weighted by molar-refractivity contribution is 7.91. The van der Waals surface area contributed by atoms with Gasteiger partial charge >= 0.3 is 0 Å². The van der Waals surface area contributed by atoms with Crippen molar-refractivity contribution >= 4 is 9.84 Å². The van der Waals surface area contributed by atoms with Gasteiger partial charge < -0.3 is 19.9 Å². The number of para-hydroxylation sites is 1. The van der Waals surface area contributed by atoms with Crippen LogP contribution in [0.5, 0.6) is 11.5 Å². The third-order valence-corrected chi connectivity index (χ3v) is 4.95. The first-order valence-corrected chi connectivity index (χ1v) is 8.73. The first-order chi connectivity index (χ1) is 9.96. The van der Waals surface area contributed by atoms with Crippen LogP contribution in [0.3, 0.4) is 0 Å². The van der Waals surface area contributed by atoms with Crippen LogP contribution in [-0.2, 0) is 16.4 Å². The number of aliphatic hydroxyl groups excluding tert-OH is 1. The first-order valence-electron chi connectivity index (χ1n) is 6.91. The molecule has 0 aliphatic carbocycles. The van der Waals surface area contributed by atoms with Crippen LogP contribution in [0.1, 0.15) is 12.5 Å². The summed E-state index contributed by atoms with van der Waals surface area (Å²) in [6, 6.07) is 5.50. The number of benzene rings is 1. The molecule has 2 rings (SSSR count). The monoisotopic (exact) mass is 315 g/mol. The topological polar surface area (TPSA) is 84.9 Å². The normalized spacial score (nSPS) is 24.0. The van der Waals surface area contributed by atoms with E-state index in [0.717, 1.165) is 5.56 Å². The molecule has 0 aromatic heterocycles. The van der Waals surface area contributed by atoms with Gasteiger partial charge in [0.2, 0.25) is 0 Å². The molecule has 1 aliphatic rings. The van der Waals surface area contributed by atoms with Crippen LogP contribution in [0.25, 0.3) is 0 Å². The highest BCUT2D eigenvalue weighted by atomic mass is 32.2. The van der Waals surface area contributed by atoms with Crippen LogP contribution >= 0.6 is 0 Å². The van der Waals surface area contributed by atoms with Crippen LogP contribution in [0.2, 0.25) is 0 Å². The predicted molar refractivity (Wildman–Crippen MR) is 79.5 cm³/mol. The molecule has 7 heteroatoms. The second kappa shape index (κ2) is 6.64. The molecular formula is C14H21NO5S. The lowest BCUT2D eigenvalue weighted by Gasteiger charge is -2.21. The maximum Gasteiger partial charge on any atom is 0.166 e. The van der Waals surface area contributed by atoms with Crippen LogP contribution in [0, 0.1) is 0 Å². The van der Waals surface area contributed by atoms with E-state index in [4.69, 9.17) is 9.47 Å². The lowest BCUT2D eigenvalue weighted by molar-refractivity contribution is 0.0706. The minimum absolute atomic E-state index is 0.173. The maximum atomic E-state index is 11.6. The summed E-state index contributed by atoms with van der Waals surface area (Å²) in [7, 11) is -1.43. The van der Waals surface area contributed by atoms with E-state index in [9.17, 15) is 13.5 Å². The SMILES string of the molecule is CCOc1cccc(CNC)c1OC1CS(=O)(=O)CC1O. The Bertz CT molecular complexity index is 563. The number of ether oxygens (including phenoxy) is 2. The van der Waals surface area contributed by atoms with Gasteiger partial charge in [0.1, 0.15) is 12.2 Å². The molecule has 1 aromatic rings. The van der Waals surface area contributed by atoms with Crippen LogP contribution in [0.15, 0.2) is 18.2 Å². The molecule has 0 spiro atoms. The average molecular weight is 315 g/mol. The Labute approximate surface area is 125 Å². The number of rotatable bonds is 6. The van der Waals surface area contributed by atoms with Gasteiger partial charge in [0.25, 0.3) is 0 Å². The lowest BCUT2D eigenvalue weighted by Crippen LogP contribution is -2.30. The van der Waals surface area contributed by atoms with Gasteiger partial charge in [0.05, 0.1) is 18.1 Å². The molecule has 1 heterocycles. The zero-order chi connectivity index (χ0) is 15.5. The van der Waals surface area contributed by atoms with Gasteiger partial charge in [0, 0.05) is 12.1 Å². The van der Waals surface area contributed by atoms with Gasteiger partial charge in [-0.25, -0.2) is 8.42 Å². The maximum absolute atomic E-state index is 11.6. The third kappa shape index (κ3) is 3.87. The van der Waals surface area contributed by atoms with E-state index in [0.29, 0.717) is 24.7 Å². The van der Waals surface area contributed by atoms with Gasteiger partial charge in [-0.3, -0.25) is 0 Å². The molecule has 2 N–H and O–H groups in total. The van der Waals surface area contributed by atoms with Gasteiger partial charge in [-0.05, 0) is 20.0 Å². The second-order valence-corrected chi connectivity index (χ2v) is 7.16. The standard InChI is InChI=1S/C14H21NO5S/c1-3-19-12-6-4-5-10(7-15-2)14(12)20-13-9-21(17,18)8-11(13)16/h4-6,11,13,15-16H,3,7-9H2,1-2H3. The Hall–Kier alpha value is -1.31. The quantitative estimate of drug-likeness (QED) is 0.787. The molecule has 2 unspecified atom stereocenters. The second-order valence-electron chi connectivity index (χ2n) is 5.01. The van der Waals surface area contributed by atoms with Crippen molar-refractivity contribution in [2.45, 2.75) is 25.7 Å². The Morgan fingerprint density at radius 2 is 2.14 bits per heavy atom. The van der Waals surface area contributed by atoms with E-state index in [1.807, 2.05) is 26.1 Å². The minimum atomic E-state index is -3.25. The van der Waals surface area contributed by atoms with Crippen molar-refractivity contribution in [3.8, 4) is 11.5 Å². The van der Waals surface area contributed by atoms with Gasteiger partial charge in [-0.15, -0.1) is 0 Å².